The summed E-state index contributed by atoms with van der Waals surface area (Å²) in [6, 6.07) is 13.6. The molecule has 2 rings (SSSR count). The number of benzene rings is 2. The molecule has 0 aliphatic rings. The van der Waals surface area contributed by atoms with Gasteiger partial charge in [0.05, 0.1) is 0 Å². The number of esters is 1. The highest BCUT2D eigenvalue weighted by Crippen LogP contribution is 2.21. The van der Waals surface area contributed by atoms with E-state index in [1.807, 2.05) is 25.1 Å². The molecule has 0 saturated carbocycles. The number of rotatable bonds is 3. The summed E-state index contributed by atoms with van der Waals surface area (Å²) in [4.78, 5) is 11.9. The van der Waals surface area contributed by atoms with E-state index < -0.39 is 5.97 Å². The normalized spacial score (nSPS) is 10.6. The minimum atomic E-state index is -0.573. The molecule has 0 spiro atoms. The zero-order valence-corrected chi connectivity index (χ0v) is 10.5. The van der Waals surface area contributed by atoms with Crippen molar-refractivity contribution in [3.63, 3.8) is 0 Å². The number of phenolic OH excluding ortho intramolecular Hbond substituents is 1. The third-order valence-corrected chi connectivity index (χ3v) is 2.55. The minimum Gasteiger partial charge on any atom is -0.507 e. The van der Waals surface area contributed by atoms with Crippen LogP contribution >= 0.6 is 0 Å². The van der Waals surface area contributed by atoms with E-state index in [-0.39, 0.29) is 11.3 Å². The van der Waals surface area contributed by atoms with Gasteiger partial charge >= 0.3 is 5.97 Å². The molecular formula is C16H14O3. The quantitative estimate of drug-likeness (QED) is 0.671. The molecule has 0 saturated heterocycles. The second-order valence-electron chi connectivity index (χ2n) is 3.98. The van der Waals surface area contributed by atoms with E-state index in [2.05, 4.69) is 0 Å². The van der Waals surface area contributed by atoms with Crippen molar-refractivity contribution in [2.24, 2.45) is 0 Å². The average Bonchev–Trinajstić information content (AvgIpc) is 2.40. The molecule has 0 aliphatic heterocycles. The lowest BCUT2D eigenvalue weighted by Crippen LogP contribution is -2.08. The van der Waals surface area contributed by atoms with Gasteiger partial charge in [-0.05, 0) is 36.8 Å². The van der Waals surface area contributed by atoms with Crippen LogP contribution in [0, 0.1) is 0 Å². The number of ether oxygens (including phenoxy) is 1. The molecule has 0 aliphatic carbocycles. The molecule has 0 amide bonds. The molecule has 3 nitrogen and oxygen atoms in total. The Bertz CT molecular complexity index is 601. The van der Waals surface area contributed by atoms with Gasteiger partial charge in [-0.1, -0.05) is 36.4 Å². The number of carbonyl (C=O) groups excluding carboxylic acids is 1. The van der Waals surface area contributed by atoms with Crippen molar-refractivity contribution >= 4 is 12.0 Å². The number of hydrogen-bond acceptors (Lipinski definition) is 3. The minimum absolute atomic E-state index is 0.0865. The van der Waals surface area contributed by atoms with Gasteiger partial charge < -0.3 is 9.84 Å². The topological polar surface area (TPSA) is 46.5 Å². The Labute approximate surface area is 111 Å². The summed E-state index contributed by atoms with van der Waals surface area (Å²) in [6.07, 6.45) is 3.70. The first kappa shape index (κ1) is 12.9. The van der Waals surface area contributed by atoms with Crippen LogP contribution in [0.2, 0.25) is 0 Å². The van der Waals surface area contributed by atoms with E-state index >= 15 is 0 Å². The molecule has 3 heteroatoms. The van der Waals surface area contributed by atoms with E-state index in [1.54, 1.807) is 36.4 Å². The molecular weight excluding hydrogens is 240 g/mol. The highest BCUT2D eigenvalue weighted by atomic mass is 16.5. The van der Waals surface area contributed by atoms with Gasteiger partial charge in [0.15, 0.2) is 0 Å². The Balaban J connectivity index is 2.20. The van der Waals surface area contributed by atoms with Gasteiger partial charge in [-0.2, -0.15) is 0 Å². The molecule has 0 atom stereocenters. The number of para-hydroxylation sites is 1. The van der Waals surface area contributed by atoms with Crippen LogP contribution < -0.4 is 4.74 Å². The molecule has 0 radical (unpaired) electrons. The Morgan fingerprint density at radius 2 is 1.89 bits per heavy atom. The number of phenols is 1. The van der Waals surface area contributed by atoms with Crippen molar-refractivity contribution in [1.82, 2.24) is 0 Å². The van der Waals surface area contributed by atoms with Crippen molar-refractivity contribution in [3.05, 3.63) is 65.7 Å². The highest BCUT2D eigenvalue weighted by molar-refractivity contribution is 5.94. The predicted molar refractivity (Wildman–Crippen MR) is 74.2 cm³/mol. The number of aromatic hydroxyl groups is 1. The molecule has 19 heavy (non-hydrogen) atoms. The van der Waals surface area contributed by atoms with Crippen LogP contribution in [0.4, 0.5) is 0 Å². The lowest BCUT2D eigenvalue weighted by molar-refractivity contribution is 0.0731. The molecule has 0 aromatic heterocycles. The molecule has 0 heterocycles. The zero-order chi connectivity index (χ0) is 13.7. The van der Waals surface area contributed by atoms with Gasteiger partial charge in [0.2, 0.25) is 0 Å². The summed E-state index contributed by atoms with van der Waals surface area (Å²) in [5.74, 6) is -0.211. The van der Waals surface area contributed by atoms with Crippen LogP contribution in [0.15, 0.2) is 54.6 Å². The van der Waals surface area contributed by atoms with Crippen molar-refractivity contribution in [3.8, 4) is 11.5 Å². The van der Waals surface area contributed by atoms with Crippen LogP contribution in [-0.4, -0.2) is 11.1 Å². The Morgan fingerprint density at radius 3 is 2.53 bits per heavy atom. The monoisotopic (exact) mass is 254 g/mol. The summed E-state index contributed by atoms with van der Waals surface area (Å²) in [7, 11) is 0. The molecule has 2 aromatic carbocycles. The fourth-order valence-corrected chi connectivity index (χ4v) is 1.67. The first-order valence-corrected chi connectivity index (χ1v) is 5.93. The fraction of sp³-hybridized carbons (Fsp3) is 0.0625. The molecule has 0 unspecified atom stereocenters. The largest absolute Gasteiger partial charge is 0.507 e. The molecule has 96 valence electrons. The summed E-state index contributed by atoms with van der Waals surface area (Å²) >= 11 is 0. The maximum absolute atomic E-state index is 11.9. The molecule has 1 N–H and O–H groups in total. The molecule has 2 aromatic rings. The van der Waals surface area contributed by atoms with Crippen molar-refractivity contribution in [2.75, 3.05) is 0 Å². The van der Waals surface area contributed by atoms with Crippen molar-refractivity contribution in [1.29, 1.82) is 0 Å². The Kier molecular flexibility index (Phi) is 3.98. The van der Waals surface area contributed by atoms with Crippen LogP contribution in [0.5, 0.6) is 11.5 Å². The average molecular weight is 254 g/mol. The standard InChI is InChI=1S/C16H14O3/c1-2-6-12-9-10-14(15(17)11-12)16(18)19-13-7-4-3-5-8-13/h2-11,17H,1H3. The van der Waals surface area contributed by atoms with Crippen molar-refractivity contribution in [2.45, 2.75) is 6.92 Å². The lowest BCUT2D eigenvalue weighted by atomic mass is 10.1. The highest BCUT2D eigenvalue weighted by Gasteiger charge is 2.13. The van der Waals surface area contributed by atoms with Gasteiger partial charge in [0.25, 0.3) is 0 Å². The van der Waals surface area contributed by atoms with E-state index in [9.17, 15) is 9.90 Å². The third-order valence-electron chi connectivity index (χ3n) is 2.55. The van der Waals surface area contributed by atoms with E-state index in [0.717, 1.165) is 5.56 Å². The maximum Gasteiger partial charge on any atom is 0.347 e. The lowest BCUT2D eigenvalue weighted by Gasteiger charge is -2.06. The Hall–Kier alpha value is -2.55. The van der Waals surface area contributed by atoms with Crippen molar-refractivity contribution < 1.29 is 14.6 Å². The summed E-state index contributed by atoms with van der Waals surface area (Å²) in [5.41, 5.74) is 0.980. The molecule has 0 bridgehead atoms. The number of hydrogen-bond donors (Lipinski definition) is 1. The number of allylic oxidation sites excluding steroid dienone is 1. The SMILES string of the molecule is CC=Cc1ccc(C(=O)Oc2ccccc2)c(O)c1. The first-order valence-electron chi connectivity index (χ1n) is 5.93. The second-order valence-corrected chi connectivity index (χ2v) is 3.98. The predicted octanol–water partition coefficient (Wildman–Crippen LogP) is 3.64. The molecule has 0 fully saturated rings. The van der Waals surface area contributed by atoms with Gasteiger partial charge in [0, 0.05) is 0 Å². The summed E-state index contributed by atoms with van der Waals surface area (Å²) < 4.78 is 5.16. The van der Waals surface area contributed by atoms with E-state index in [4.69, 9.17) is 4.74 Å². The van der Waals surface area contributed by atoms with Gasteiger partial charge in [-0.3, -0.25) is 0 Å². The van der Waals surface area contributed by atoms with Crippen LogP contribution in [-0.2, 0) is 0 Å². The van der Waals surface area contributed by atoms with Crippen LogP contribution in [0.25, 0.3) is 6.08 Å². The third kappa shape index (κ3) is 3.22. The van der Waals surface area contributed by atoms with Gasteiger partial charge in [-0.25, -0.2) is 4.79 Å². The van der Waals surface area contributed by atoms with Crippen LogP contribution in [0.3, 0.4) is 0 Å². The zero-order valence-electron chi connectivity index (χ0n) is 10.5. The smallest absolute Gasteiger partial charge is 0.347 e. The summed E-state index contributed by atoms with van der Waals surface area (Å²) in [5, 5.41) is 9.83. The van der Waals surface area contributed by atoms with Gasteiger partial charge in [-0.15, -0.1) is 0 Å². The summed E-state index contributed by atoms with van der Waals surface area (Å²) in [6.45, 7) is 1.88. The van der Waals surface area contributed by atoms with Gasteiger partial charge in [0.1, 0.15) is 17.1 Å². The maximum atomic E-state index is 11.9. The van der Waals surface area contributed by atoms with E-state index in [1.165, 1.54) is 6.07 Å². The second kappa shape index (κ2) is 5.87. The first-order chi connectivity index (χ1) is 9.20. The number of carbonyl (C=O) groups is 1. The Morgan fingerprint density at radius 1 is 1.16 bits per heavy atom. The van der Waals surface area contributed by atoms with E-state index in [0.29, 0.717) is 5.75 Å². The van der Waals surface area contributed by atoms with Crippen LogP contribution in [0.1, 0.15) is 22.8 Å². The fourth-order valence-electron chi connectivity index (χ4n) is 1.67.